The van der Waals surface area contributed by atoms with Crippen LogP contribution in [0.2, 0.25) is 0 Å². The zero-order valence-corrected chi connectivity index (χ0v) is 19.3. The Morgan fingerprint density at radius 1 is 1.00 bits per heavy atom. The average molecular weight is 409 g/mol. The number of carbonyl (C=O) groups is 1. The summed E-state index contributed by atoms with van der Waals surface area (Å²) in [6.07, 6.45) is 21.6. The average Bonchev–Trinajstić information content (AvgIpc) is 2.85. The number of carbonyl (C=O) groups excluding carboxylic acids is 1. The monoisotopic (exact) mass is 408 g/mol. The molecule has 2 aliphatic rings. The van der Waals surface area contributed by atoms with E-state index < -0.39 is 5.60 Å². The molecule has 1 aliphatic carbocycles. The SMILES string of the molecule is CC1=CC(C)(C=CC=CC=CC=CC=C(C)C2OC(C)C(C)(O)C=C2C)C(C)C1=O. The van der Waals surface area contributed by atoms with Gasteiger partial charge in [0, 0.05) is 11.3 Å². The molecular weight excluding hydrogens is 372 g/mol. The van der Waals surface area contributed by atoms with Crippen LogP contribution in [-0.4, -0.2) is 28.7 Å². The fourth-order valence-electron chi connectivity index (χ4n) is 3.93. The quantitative estimate of drug-likeness (QED) is 0.445. The molecular formula is C27H36O3. The molecule has 5 unspecified atom stereocenters. The third-order valence-electron chi connectivity index (χ3n) is 6.23. The maximum absolute atomic E-state index is 12.0. The molecule has 2 rings (SSSR count). The first-order chi connectivity index (χ1) is 14.0. The normalized spacial score (nSPS) is 35.9. The fourth-order valence-corrected chi connectivity index (χ4v) is 3.93. The molecule has 0 saturated carbocycles. The van der Waals surface area contributed by atoms with Gasteiger partial charge in [-0.05, 0) is 57.4 Å². The van der Waals surface area contributed by atoms with E-state index in [0.29, 0.717) is 0 Å². The first-order valence-corrected chi connectivity index (χ1v) is 10.6. The standard InChI is InChI=1S/C27H36O3/c1-19(25-21(3)18-27(7,29)23(5)30-25)15-13-11-9-8-10-12-14-16-26(6)17-20(2)24(28)22(26)4/h8-18,22-23,25,29H,1-7H3. The van der Waals surface area contributed by atoms with Crippen molar-refractivity contribution in [3.05, 3.63) is 83.6 Å². The Balaban J connectivity index is 1.88. The van der Waals surface area contributed by atoms with Crippen LogP contribution in [0.15, 0.2) is 83.6 Å². The van der Waals surface area contributed by atoms with Crippen molar-refractivity contribution in [3.63, 3.8) is 0 Å². The lowest BCUT2D eigenvalue weighted by Gasteiger charge is -2.37. The largest absolute Gasteiger partial charge is 0.383 e. The Hall–Kier alpha value is -2.23. The highest BCUT2D eigenvalue weighted by atomic mass is 16.5. The third kappa shape index (κ3) is 5.68. The number of Topliss-reactive ketones (excluding diaryl/α,β-unsaturated/α-hetero) is 1. The molecule has 0 fully saturated rings. The van der Waals surface area contributed by atoms with E-state index in [2.05, 4.69) is 19.1 Å². The van der Waals surface area contributed by atoms with Gasteiger partial charge < -0.3 is 9.84 Å². The first-order valence-electron chi connectivity index (χ1n) is 10.6. The number of ether oxygens (including phenoxy) is 1. The van der Waals surface area contributed by atoms with Crippen LogP contribution in [0.1, 0.15) is 48.5 Å². The van der Waals surface area contributed by atoms with Gasteiger partial charge in [0.2, 0.25) is 0 Å². The first kappa shape index (κ1) is 24.0. The minimum atomic E-state index is -0.919. The van der Waals surface area contributed by atoms with Crippen molar-refractivity contribution in [2.24, 2.45) is 11.3 Å². The van der Waals surface area contributed by atoms with Crippen molar-refractivity contribution >= 4 is 5.78 Å². The predicted molar refractivity (Wildman–Crippen MR) is 125 cm³/mol. The van der Waals surface area contributed by atoms with Crippen molar-refractivity contribution in [2.45, 2.75) is 66.3 Å². The molecule has 5 atom stereocenters. The summed E-state index contributed by atoms with van der Waals surface area (Å²) in [6, 6.07) is 0. The van der Waals surface area contributed by atoms with Crippen LogP contribution < -0.4 is 0 Å². The van der Waals surface area contributed by atoms with Crippen molar-refractivity contribution in [3.8, 4) is 0 Å². The van der Waals surface area contributed by atoms with Gasteiger partial charge in [-0.3, -0.25) is 4.79 Å². The molecule has 3 nitrogen and oxygen atoms in total. The number of hydrogen-bond acceptors (Lipinski definition) is 3. The zero-order chi connectivity index (χ0) is 22.5. The summed E-state index contributed by atoms with van der Waals surface area (Å²) in [4.78, 5) is 12.0. The van der Waals surface area contributed by atoms with Gasteiger partial charge in [-0.15, -0.1) is 0 Å². The highest BCUT2D eigenvalue weighted by Gasteiger charge is 2.38. The molecule has 1 heterocycles. The zero-order valence-electron chi connectivity index (χ0n) is 19.3. The number of hydrogen-bond donors (Lipinski definition) is 1. The Morgan fingerprint density at radius 3 is 2.13 bits per heavy atom. The highest BCUT2D eigenvalue weighted by molar-refractivity contribution is 6.00. The molecule has 0 bridgehead atoms. The highest BCUT2D eigenvalue weighted by Crippen LogP contribution is 2.39. The summed E-state index contributed by atoms with van der Waals surface area (Å²) in [5.41, 5.74) is 1.87. The van der Waals surface area contributed by atoms with Gasteiger partial charge in [0.05, 0.1) is 12.2 Å². The maximum Gasteiger partial charge on any atom is 0.162 e. The second-order valence-corrected chi connectivity index (χ2v) is 8.98. The van der Waals surface area contributed by atoms with E-state index in [1.54, 1.807) is 6.92 Å². The number of ketones is 1. The summed E-state index contributed by atoms with van der Waals surface area (Å²) in [7, 11) is 0. The molecule has 1 aliphatic heterocycles. The van der Waals surface area contributed by atoms with Crippen LogP contribution in [0.4, 0.5) is 0 Å². The van der Waals surface area contributed by atoms with Crippen LogP contribution >= 0.6 is 0 Å². The van der Waals surface area contributed by atoms with Gasteiger partial charge >= 0.3 is 0 Å². The molecule has 0 aromatic carbocycles. The number of allylic oxidation sites excluding steroid dienone is 11. The summed E-state index contributed by atoms with van der Waals surface area (Å²) in [5.74, 6) is 0.236. The molecule has 30 heavy (non-hydrogen) atoms. The van der Waals surface area contributed by atoms with Crippen LogP contribution in [0, 0.1) is 11.3 Å². The minimum absolute atomic E-state index is 0.00334. The lowest BCUT2D eigenvalue weighted by molar-refractivity contribution is -0.119. The topological polar surface area (TPSA) is 46.5 Å². The van der Waals surface area contributed by atoms with E-state index in [9.17, 15) is 9.90 Å². The van der Waals surface area contributed by atoms with Crippen LogP contribution in [0.25, 0.3) is 0 Å². The molecule has 0 amide bonds. The second-order valence-electron chi connectivity index (χ2n) is 8.98. The number of aliphatic hydroxyl groups is 1. The van der Waals surface area contributed by atoms with Crippen LogP contribution in [0.3, 0.4) is 0 Å². The fraction of sp³-hybridized carbons (Fsp3) is 0.444. The van der Waals surface area contributed by atoms with E-state index in [0.717, 1.165) is 16.7 Å². The van der Waals surface area contributed by atoms with Crippen LogP contribution in [-0.2, 0) is 9.53 Å². The third-order valence-corrected chi connectivity index (χ3v) is 6.23. The van der Waals surface area contributed by atoms with E-state index in [4.69, 9.17) is 4.74 Å². The molecule has 0 spiro atoms. The van der Waals surface area contributed by atoms with Gasteiger partial charge in [-0.25, -0.2) is 0 Å². The Kier molecular flexibility index (Phi) is 7.79. The van der Waals surface area contributed by atoms with Crippen molar-refractivity contribution in [2.75, 3.05) is 0 Å². The Bertz CT molecular complexity index is 861. The lowest BCUT2D eigenvalue weighted by Crippen LogP contribution is -2.44. The van der Waals surface area contributed by atoms with Gasteiger partial charge in [-0.2, -0.15) is 0 Å². The van der Waals surface area contributed by atoms with Crippen molar-refractivity contribution in [1.29, 1.82) is 0 Å². The molecule has 0 aromatic heterocycles. The van der Waals surface area contributed by atoms with E-state index in [1.165, 1.54) is 0 Å². The molecule has 3 heteroatoms. The maximum atomic E-state index is 12.0. The van der Waals surface area contributed by atoms with Crippen molar-refractivity contribution < 1.29 is 14.6 Å². The van der Waals surface area contributed by atoms with Crippen molar-refractivity contribution in [1.82, 2.24) is 0 Å². The minimum Gasteiger partial charge on any atom is -0.383 e. The summed E-state index contributed by atoms with van der Waals surface area (Å²) >= 11 is 0. The Labute approximate surface area is 181 Å². The Morgan fingerprint density at radius 2 is 1.57 bits per heavy atom. The predicted octanol–water partition coefficient (Wildman–Crippen LogP) is 5.81. The summed E-state index contributed by atoms with van der Waals surface area (Å²) in [5, 5.41) is 10.3. The number of rotatable bonds is 6. The smallest absolute Gasteiger partial charge is 0.162 e. The van der Waals surface area contributed by atoms with Crippen LogP contribution in [0.5, 0.6) is 0 Å². The molecule has 0 saturated heterocycles. The van der Waals surface area contributed by atoms with Gasteiger partial charge in [0.25, 0.3) is 0 Å². The molecule has 0 radical (unpaired) electrons. The second kappa shape index (κ2) is 9.72. The summed E-state index contributed by atoms with van der Waals surface area (Å²) < 4.78 is 5.99. The summed E-state index contributed by atoms with van der Waals surface area (Å²) in [6.45, 7) is 13.7. The van der Waals surface area contributed by atoms with Gasteiger partial charge in [-0.1, -0.05) is 74.6 Å². The van der Waals surface area contributed by atoms with Gasteiger partial charge in [0.15, 0.2) is 5.78 Å². The molecule has 1 N–H and O–H groups in total. The van der Waals surface area contributed by atoms with E-state index in [1.807, 2.05) is 89.3 Å². The van der Waals surface area contributed by atoms with E-state index >= 15 is 0 Å². The molecule has 0 aromatic rings. The molecule has 162 valence electrons. The van der Waals surface area contributed by atoms with Gasteiger partial charge in [0.1, 0.15) is 5.60 Å². The lowest BCUT2D eigenvalue weighted by atomic mass is 9.80. The van der Waals surface area contributed by atoms with E-state index in [-0.39, 0.29) is 29.3 Å².